The van der Waals surface area contributed by atoms with Crippen molar-refractivity contribution in [2.24, 2.45) is 0 Å². The normalized spacial score (nSPS) is 12.2. The average molecular weight is 375 g/mol. The van der Waals surface area contributed by atoms with Gasteiger partial charge >= 0.3 is 5.97 Å². The molecule has 0 spiro atoms. The van der Waals surface area contributed by atoms with Crippen LogP contribution in [0, 0.1) is 0 Å². The summed E-state index contributed by atoms with van der Waals surface area (Å²) in [4.78, 5) is 23.9. The maximum absolute atomic E-state index is 12.1. The molecular weight excluding hydrogens is 354 g/mol. The van der Waals surface area contributed by atoms with Gasteiger partial charge in [-0.1, -0.05) is 49.4 Å². The Morgan fingerprint density at radius 2 is 1.65 bits per heavy atom. The van der Waals surface area contributed by atoms with Crippen LogP contribution in [0.1, 0.15) is 28.8 Å². The predicted molar refractivity (Wildman–Crippen MR) is 97.7 cm³/mol. The Kier molecular flexibility index (Phi) is 6.52. The van der Waals surface area contributed by atoms with Crippen molar-refractivity contribution in [3.63, 3.8) is 0 Å². The molecule has 2 aromatic carbocycles. The molecule has 0 aromatic heterocycles. The van der Waals surface area contributed by atoms with Crippen LogP contribution in [0.5, 0.6) is 0 Å². The van der Waals surface area contributed by atoms with E-state index in [1.165, 1.54) is 24.3 Å². The number of benzene rings is 2. The van der Waals surface area contributed by atoms with Crippen molar-refractivity contribution >= 4 is 21.7 Å². The molecule has 26 heavy (non-hydrogen) atoms. The lowest BCUT2D eigenvalue weighted by Crippen LogP contribution is -2.31. The third-order valence-electron chi connectivity index (χ3n) is 3.81. The summed E-state index contributed by atoms with van der Waals surface area (Å²) in [6, 6.07) is 15.4. The number of ether oxygens (including phenoxy) is 1. The van der Waals surface area contributed by atoms with E-state index in [9.17, 15) is 18.0 Å². The summed E-state index contributed by atoms with van der Waals surface area (Å²) in [6.07, 6.45) is 1.01. The molecule has 6 nitrogen and oxygen atoms in total. The molecule has 1 amide bonds. The second-order valence-corrected chi connectivity index (χ2v) is 7.94. The zero-order valence-electron chi connectivity index (χ0n) is 14.6. The highest BCUT2D eigenvalue weighted by Crippen LogP contribution is 2.16. The number of carbonyl (C=O) groups is 2. The first kappa shape index (κ1) is 19.7. The van der Waals surface area contributed by atoms with Gasteiger partial charge in [0.05, 0.1) is 10.5 Å². The number of rotatable bonds is 7. The highest BCUT2D eigenvalue weighted by Gasteiger charge is 2.20. The fourth-order valence-corrected chi connectivity index (χ4v) is 3.26. The molecular formula is C19H21NO5S. The molecule has 0 aliphatic heterocycles. The maximum atomic E-state index is 12.1. The lowest BCUT2D eigenvalue weighted by Gasteiger charge is -2.13. The van der Waals surface area contributed by atoms with Gasteiger partial charge in [-0.05, 0) is 23.6 Å². The van der Waals surface area contributed by atoms with Gasteiger partial charge in [-0.15, -0.1) is 0 Å². The van der Waals surface area contributed by atoms with Gasteiger partial charge in [-0.2, -0.15) is 0 Å². The minimum absolute atomic E-state index is 0.0829. The van der Waals surface area contributed by atoms with Crippen molar-refractivity contribution in [2.45, 2.75) is 17.7 Å². The molecule has 0 saturated carbocycles. The second-order valence-electron chi connectivity index (χ2n) is 5.96. The Bertz CT molecular complexity index is 878. The third-order valence-corrected chi connectivity index (χ3v) is 4.97. The van der Waals surface area contributed by atoms with Crippen LogP contribution in [0.3, 0.4) is 0 Å². The van der Waals surface area contributed by atoms with Crippen molar-refractivity contribution in [1.82, 2.24) is 5.32 Å². The van der Waals surface area contributed by atoms with Crippen molar-refractivity contribution in [1.29, 1.82) is 0 Å². The van der Waals surface area contributed by atoms with Gasteiger partial charge in [-0.3, -0.25) is 4.79 Å². The fraction of sp³-hybridized carbons (Fsp3) is 0.263. The first-order valence-electron chi connectivity index (χ1n) is 8.07. The minimum atomic E-state index is -3.57. The van der Waals surface area contributed by atoms with E-state index in [4.69, 9.17) is 4.74 Å². The molecule has 0 radical (unpaired) electrons. The van der Waals surface area contributed by atoms with E-state index < -0.39 is 28.3 Å². The van der Waals surface area contributed by atoms with Gasteiger partial charge in [-0.25, -0.2) is 13.2 Å². The lowest BCUT2D eigenvalue weighted by atomic mass is 10.0. The Hall–Kier alpha value is -2.67. The minimum Gasteiger partial charge on any atom is -0.452 e. The van der Waals surface area contributed by atoms with Crippen molar-refractivity contribution in [3.05, 3.63) is 65.7 Å². The van der Waals surface area contributed by atoms with Gasteiger partial charge in [0.15, 0.2) is 16.4 Å². The molecule has 0 bridgehead atoms. The van der Waals surface area contributed by atoms with E-state index >= 15 is 0 Å². The standard InChI is InChI=1S/C19H21NO5S/c1-14(15-8-4-3-5-9-15)12-20-18(21)13-25-19(22)16-10-6-7-11-17(16)26(2,23)24/h3-11,14H,12-13H2,1-2H3,(H,20,21). The zero-order chi connectivity index (χ0) is 19.2. The summed E-state index contributed by atoms with van der Waals surface area (Å²) in [7, 11) is -3.57. The largest absolute Gasteiger partial charge is 0.452 e. The molecule has 1 unspecified atom stereocenters. The monoisotopic (exact) mass is 375 g/mol. The summed E-state index contributed by atoms with van der Waals surface area (Å²) in [6.45, 7) is 1.91. The molecule has 0 aliphatic carbocycles. The smallest absolute Gasteiger partial charge is 0.339 e. The second kappa shape index (κ2) is 8.62. The molecule has 2 rings (SSSR count). The number of amides is 1. The topological polar surface area (TPSA) is 89.5 Å². The summed E-state index contributed by atoms with van der Waals surface area (Å²) in [5.41, 5.74) is 1.01. The van der Waals surface area contributed by atoms with Crippen LogP contribution in [0.4, 0.5) is 0 Å². The van der Waals surface area contributed by atoms with E-state index in [-0.39, 0.29) is 16.4 Å². The van der Waals surface area contributed by atoms with Crippen LogP contribution >= 0.6 is 0 Å². The summed E-state index contributed by atoms with van der Waals surface area (Å²) in [5, 5.41) is 2.70. The molecule has 0 heterocycles. The van der Waals surface area contributed by atoms with Gasteiger partial charge in [0.1, 0.15) is 0 Å². The van der Waals surface area contributed by atoms with E-state index in [2.05, 4.69) is 5.32 Å². The summed E-state index contributed by atoms with van der Waals surface area (Å²) >= 11 is 0. The number of carbonyl (C=O) groups excluding carboxylic acids is 2. The van der Waals surface area contributed by atoms with Crippen molar-refractivity contribution in [3.8, 4) is 0 Å². The van der Waals surface area contributed by atoms with E-state index in [1.807, 2.05) is 37.3 Å². The van der Waals surface area contributed by atoms with Crippen LogP contribution in [0.15, 0.2) is 59.5 Å². The van der Waals surface area contributed by atoms with Crippen LogP contribution in [0.2, 0.25) is 0 Å². The molecule has 1 atom stereocenters. The van der Waals surface area contributed by atoms with E-state index in [0.717, 1.165) is 11.8 Å². The molecule has 138 valence electrons. The summed E-state index contributed by atoms with van der Waals surface area (Å²) < 4.78 is 28.4. The average Bonchev–Trinajstić information content (AvgIpc) is 2.64. The maximum Gasteiger partial charge on any atom is 0.339 e. The van der Waals surface area contributed by atoms with E-state index in [1.54, 1.807) is 0 Å². The van der Waals surface area contributed by atoms with Gasteiger partial charge in [0.25, 0.3) is 5.91 Å². The van der Waals surface area contributed by atoms with Crippen LogP contribution in [-0.2, 0) is 19.4 Å². The molecule has 1 N–H and O–H groups in total. The van der Waals surface area contributed by atoms with E-state index in [0.29, 0.717) is 6.54 Å². The number of hydrogen-bond acceptors (Lipinski definition) is 5. The third kappa shape index (κ3) is 5.42. The Morgan fingerprint density at radius 3 is 2.31 bits per heavy atom. The SMILES string of the molecule is CC(CNC(=O)COC(=O)c1ccccc1S(C)(=O)=O)c1ccccc1. The number of nitrogens with one attached hydrogen (secondary N) is 1. The van der Waals surface area contributed by atoms with Crippen LogP contribution < -0.4 is 5.32 Å². The molecule has 0 fully saturated rings. The number of sulfone groups is 1. The van der Waals surface area contributed by atoms with Crippen LogP contribution in [0.25, 0.3) is 0 Å². The van der Waals surface area contributed by atoms with Gasteiger partial charge < -0.3 is 10.1 Å². The first-order chi connectivity index (χ1) is 12.3. The quantitative estimate of drug-likeness (QED) is 0.749. The highest BCUT2D eigenvalue weighted by atomic mass is 32.2. The summed E-state index contributed by atoms with van der Waals surface area (Å²) in [5.74, 6) is -1.18. The highest BCUT2D eigenvalue weighted by molar-refractivity contribution is 7.90. The number of esters is 1. The van der Waals surface area contributed by atoms with Crippen LogP contribution in [-0.4, -0.2) is 39.7 Å². The fourth-order valence-electron chi connectivity index (χ4n) is 2.38. The Labute approximate surface area is 153 Å². The first-order valence-corrected chi connectivity index (χ1v) is 9.96. The lowest BCUT2D eigenvalue weighted by molar-refractivity contribution is -0.124. The molecule has 0 aliphatic rings. The number of hydrogen-bond donors (Lipinski definition) is 1. The van der Waals surface area contributed by atoms with Gasteiger partial charge in [0.2, 0.25) is 0 Å². The molecule has 7 heteroatoms. The Morgan fingerprint density at radius 1 is 1.04 bits per heavy atom. The predicted octanol–water partition coefficient (Wildman–Crippen LogP) is 2.17. The van der Waals surface area contributed by atoms with Crippen molar-refractivity contribution in [2.75, 3.05) is 19.4 Å². The van der Waals surface area contributed by atoms with Crippen molar-refractivity contribution < 1.29 is 22.7 Å². The van der Waals surface area contributed by atoms with Gasteiger partial charge in [0, 0.05) is 12.8 Å². The molecule has 0 saturated heterocycles. The zero-order valence-corrected chi connectivity index (χ0v) is 15.5. The molecule has 2 aromatic rings. The Balaban J connectivity index is 1.89.